The van der Waals surface area contributed by atoms with Gasteiger partial charge in [0.2, 0.25) is 0 Å². The summed E-state index contributed by atoms with van der Waals surface area (Å²) in [6.07, 6.45) is 6.03. The lowest BCUT2D eigenvalue weighted by atomic mass is 9.57. The summed E-state index contributed by atoms with van der Waals surface area (Å²) in [5, 5.41) is 0. The second-order valence-electron chi connectivity index (χ2n) is 7.17. The van der Waals surface area contributed by atoms with Gasteiger partial charge in [0, 0.05) is 43.1 Å². The van der Waals surface area contributed by atoms with E-state index in [0.29, 0.717) is 24.0 Å². The second kappa shape index (κ2) is 4.17. The summed E-state index contributed by atoms with van der Waals surface area (Å²) in [6, 6.07) is 2.57. The quantitative estimate of drug-likeness (QED) is 0.848. The molecule has 1 aromatic rings. The highest BCUT2D eigenvalue weighted by Gasteiger charge is 2.61. The molecule has 0 spiro atoms. The first-order valence-electron chi connectivity index (χ1n) is 7.76. The van der Waals surface area contributed by atoms with E-state index in [4.69, 9.17) is 9.72 Å². The van der Waals surface area contributed by atoms with Crippen molar-refractivity contribution in [2.75, 3.05) is 18.6 Å². The first-order valence-corrected chi connectivity index (χ1v) is 7.76. The van der Waals surface area contributed by atoms with Gasteiger partial charge in [-0.25, -0.2) is 9.97 Å². The van der Waals surface area contributed by atoms with Gasteiger partial charge in [0.05, 0.1) is 6.10 Å². The normalized spacial score (nSPS) is 34.5. The van der Waals surface area contributed by atoms with Gasteiger partial charge in [-0.1, -0.05) is 13.8 Å². The molecule has 4 nitrogen and oxygen atoms in total. The van der Waals surface area contributed by atoms with Crippen molar-refractivity contribution < 1.29 is 4.74 Å². The standard InChI is InChI=1S/C16H23N3O/c1-16(2)13(11-7-9-20-14(11)16)19(3)12-6-8-17-15(18-12)10-4-5-10/h6,8,10-11,13-14H,4-5,7,9H2,1-3H3. The average Bonchev–Trinajstić information content (AvgIpc) is 3.19. The van der Waals surface area contributed by atoms with E-state index in [0.717, 1.165) is 18.2 Å². The predicted octanol–water partition coefficient (Wildman–Crippen LogP) is 2.60. The first-order chi connectivity index (χ1) is 9.59. The number of hydrogen-bond acceptors (Lipinski definition) is 4. The van der Waals surface area contributed by atoms with Gasteiger partial charge in [-0.2, -0.15) is 0 Å². The molecule has 0 aromatic carbocycles. The summed E-state index contributed by atoms with van der Waals surface area (Å²) in [6.45, 7) is 5.56. The van der Waals surface area contributed by atoms with Crippen LogP contribution in [0.1, 0.15) is 44.9 Å². The van der Waals surface area contributed by atoms with E-state index < -0.39 is 0 Å². The number of aromatic nitrogens is 2. The number of fused-ring (bicyclic) bond motifs is 1. The molecule has 0 amide bonds. The molecule has 2 aliphatic carbocycles. The van der Waals surface area contributed by atoms with Crippen molar-refractivity contribution >= 4 is 5.82 Å². The molecule has 20 heavy (non-hydrogen) atoms. The Morgan fingerprint density at radius 2 is 2.10 bits per heavy atom. The van der Waals surface area contributed by atoms with Crippen LogP contribution in [0, 0.1) is 11.3 Å². The van der Waals surface area contributed by atoms with E-state index >= 15 is 0 Å². The van der Waals surface area contributed by atoms with Crippen molar-refractivity contribution in [3.05, 3.63) is 18.1 Å². The number of ether oxygens (including phenoxy) is 1. The van der Waals surface area contributed by atoms with Crippen LogP contribution in [0.15, 0.2) is 12.3 Å². The van der Waals surface area contributed by atoms with E-state index in [-0.39, 0.29) is 5.41 Å². The molecule has 3 aliphatic rings. The highest BCUT2D eigenvalue weighted by atomic mass is 16.5. The second-order valence-corrected chi connectivity index (χ2v) is 7.17. The largest absolute Gasteiger partial charge is 0.377 e. The molecule has 0 bridgehead atoms. The minimum Gasteiger partial charge on any atom is -0.377 e. The van der Waals surface area contributed by atoms with Gasteiger partial charge < -0.3 is 9.64 Å². The Labute approximate surface area is 120 Å². The summed E-state index contributed by atoms with van der Waals surface area (Å²) in [5.41, 5.74) is 0.209. The summed E-state index contributed by atoms with van der Waals surface area (Å²) >= 11 is 0. The lowest BCUT2D eigenvalue weighted by Gasteiger charge is -2.58. The van der Waals surface area contributed by atoms with Crippen molar-refractivity contribution in [3.8, 4) is 0 Å². The molecule has 3 fully saturated rings. The molecule has 1 aromatic heterocycles. The molecule has 0 N–H and O–H groups in total. The zero-order valence-electron chi connectivity index (χ0n) is 12.5. The molecular formula is C16H23N3O. The number of nitrogens with zero attached hydrogens (tertiary/aromatic N) is 3. The van der Waals surface area contributed by atoms with Crippen LogP contribution in [0.4, 0.5) is 5.82 Å². The Hall–Kier alpha value is -1.16. The molecule has 108 valence electrons. The Morgan fingerprint density at radius 1 is 1.30 bits per heavy atom. The van der Waals surface area contributed by atoms with Gasteiger partial charge in [0.15, 0.2) is 0 Å². The molecule has 3 atom stereocenters. The monoisotopic (exact) mass is 273 g/mol. The maximum absolute atomic E-state index is 5.90. The Bertz CT molecular complexity index is 526. The highest BCUT2D eigenvalue weighted by Crippen LogP contribution is 2.54. The van der Waals surface area contributed by atoms with Crippen molar-refractivity contribution in [1.29, 1.82) is 0 Å². The van der Waals surface area contributed by atoms with E-state index in [1.54, 1.807) is 0 Å². The van der Waals surface area contributed by atoms with E-state index in [1.165, 1.54) is 19.3 Å². The van der Waals surface area contributed by atoms with Gasteiger partial charge >= 0.3 is 0 Å². The molecule has 2 saturated carbocycles. The minimum absolute atomic E-state index is 0.209. The fourth-order valence-electron chi connectivity index (χ4n) is 4.32. The van der Waals surface area contributed by atoms with Gasteiger partial charge in [-0.05, 0) is 25.3 Å². The van der Waals surface area contributed by atoms with Crippen LogP contribution < -0.4 is 4.90 Å². The van der Waals surface area contributed by atoms with Gasteiger partial charge in [0.1, 0.15) is 11.6 Å². The summed E-state index contributed by atoms with van der Waals surface area (Å²) in [4.78, 5) is 11.6. The van der Waals surface area contributed by atoms with Crippen LogP contribution in [0.5, 0.6) is 0 Å². The topological polar surface area (TPSA) is 38.2 Å². The SMILES string of the molecule is CN(c1ccnc(C2CC2)n1)C1C2CCOC2C1(C)C. The molecule has 0 radical (unpaired) electrons. The third-order valence-electron chi connectivity index (χ3n) is 5.42. The van der Waals surface area contributed by atoms with Crippen LogP contribution in [0.2, 0.25) is 0 Å². The van der Waals surface area contributed by atoms with Crippen molar-refractivity contribution in [2.45, 2.75) is 51.2 Å². The van der Waals surface area contributed by atoms with Crippen LogP contribution in [0.25, 0.3) is 0 Å². The van der Waals surface area contributed by atoms with E-state index in [9.17, 15) is 0 Å². The Kier molecular flexibility index (Phi) is 2.62. The predicted molar refractivity (Wildman–Crippen MR) is 77.8 cm³/mol. The lowest BCUT2D eigenvalue weighted by molar-refractivity contribution is -0.101. The fourth-order valence-corrected chi connectivity index (χ4v) is 4.32. The molecule has 4 heteroatoms. The molecule has 2 heterocycles. The summed E-state index contributed by atoms with van der Waals surface area (Å²) in [5.74, 6) is 3.38. The Morgan fingerprint density at radius 3 is 2.85 bits per heavy atom. The maximum atomic E-state index is 5.90. The number of anilines is 1. The van der Waals surface area contributed by atoms with Gasteiger partial charge in [0.25, 0.3) is 0 Å². The highest BCUT2D eigenvalue weighted by molar-refractivity contribution is 5.42. The van der Waals surface area contributed by atoms with Crippen LogP contribution in [0.3, 0.4) is 0 Å². The van der Waals surface area contributed by atoms with Gasteiger partial charge in [-0.15, -0.1) is 0 Å². The molecule has 3 unspecified atom stereocenters. The minimum atomic E-state index is 0.209. The van der Waals surface area contributed by atoms with Crippen molar-refractivity contribution in [2.24, 2.45) is 11.3 Å². The molecule has 4 rings (SSSR count). The number of hydrogen-bond donors (Lipinski definition) is 0. The third kappa shape index (κ3) is 1.70. The lowest BCUT2D eigenvalue weighted by Crippen LogP contribution is -2.66. The zero-order chi connectivity index (χ0) is 13.9. The number of rotatable bonds is 3. The maximum Gasteiger partial charge on any atom is 0.133 e. The van der Waals surface area contributed by atoms with E-state index in [1.807, 2.05) is 12.3 Å². The molecule has 1 aliphatic heterocycles. The first kappa shape index (κ1) is 12.6. The van der Waals surface area contributed by atoms with Crippen LogP contribution in [-0.2, 0) is 4.74 Å². The summed E-state index contributed by atoms with van der Waals surface area (Å²) in [7, 11) is 2.18. The van der Waals surface area contributed by atoms with Gasteiger partial charge in [-0.3, -0.25) is 0 Å². The van der Waals surface area contributed by atoms with E-state index in [2.05, 4.69) is 30.8 Å². The Balaban J connectivity index is 1.60. The van der Waals surface area contributed by atoms with Crippen molar-refractivity contribution in [3.63, 3.8) is 0 Å². The van der Waals surface area contributed by atoms with Crippen LogP contribution in [-0.4, -0.2) is 35.8 Å². The third-order valence-corrected chi connectivity index (χ3v) is 5.42. The smallest absolute Gasteiger partial charge is 0.133 e. The summed E-state index contributed by atoms with van der Waals surface area (Å²) < 4.78 is 5.90. The fraction of sp³-hybridized carbons (Fsp3) is 0.750. The zero-order valence-corrected chi connectivity index (χ0v) is 12.5. The molecular weight excluding hydrogens is 250 g/mol. The van der Waals surface area contributed by atoms with Crippen LogP contribution >= 0.6 is 0 Å². The van der Waals surface area contributed by atoms with Crippen molar-refractivity contribution in [1.82, 2.24) is 9.97 Å². The molecule has 1 saturated heterocycles. The average molecular weight is 273 g/mol.